The van der Waals surface area contributed by atoms with E-state index < -0.39 is 18.1 Å². The summed E-state index contributed by atoms with van der Waals surface area (Å²) in [6, 6.07) is -0.971. The number of aliphatic hydroxyl groups is 1. The molecule has 2 unspecified atom stereocenters. The predicted molar refractivity (Wildman–Crippen MR) is 51.0 cm³/mol. The fraction of sp³-hybridized carbons (Fsp3) is 0.625. The van der Waals surface area contributed by atoms with Crippen LogP contribution in [0.5, 0.6) is 0 Å². The van der Waals surface area contributed by atoms with Gasteiger partial charge in [0.05, 0.1) is 18.3 Å². The Hall–Kier alpha value is -1.47. The van der Waals surface area contributed by atoms with E-state index in [9.17, 15) is 4.79 Å². The highest BCUT2D eigenvalue weighted by molar-refractivity contribution is 5.73. The summed E-state index contributed by atoms with van der Waals surface area (Å²) in [5, 5.41) is 25.1. The van der Waals surface area contributed by atoms with Gasteiger partial charge < -0.3 is 15.9 Å². The summed E-state index contributed by atoms with van der Waals surface area (Å²) in [5.74, 6) is -1.07. The molecule has 0 saturated heterocycles. The summed E-state index contributed by atoms with van der Waals surface area (Å²) in [6.45, 7) is 1.96. The van der Waals surface area contributed by atoms with Crippen LogP contribution < -0.4 is 5.73 Å². The molecule has 0 radical (unpaired) electrons. The third-order valence-corrected chi connectivity index (χ3v) is 1.78. The molecule has 2 atom stereocenters. The molecule has 0 aliphatic rings. The Balaban J connectivity index is 2.56. The summed E-state index contributed by atoms with van der Waals surface area (Å²) in [5.41, 5.74) is 5.84. The van der Waals surface area contributed by atoms with Gasteiger partial charge in [-0.25, -0.2) is 4.68 Å². The van der Waals surface area contributed by atoms with Crippen LogP contribution in [-0.4, -0.2) is 43.3 Å². The molecule has 7 nitrogen and oxygen atoms in total. The monoisotopic (exact) mass is 214 g/mol. The number of aliphatic hydroxyl groups excluding tert-OH is 1. The van der Waals surface area contributed by atoms with Crippen molar-refractivity contribution in [1.29, 1.82) is 0 Å². The minimum absolute atomic E-state index is 0.134. The van der Waals surface area contributed by atoms with Gasteiger partial charge in [0.2, 0.25) is 0 Å². The van der Waals surface area contributed by atoms with Crippen LogP contribution in [0, 0.1) is 0 Å². The topological polar surface area (TPSA) is 114 Å². The number of nitrogens with zero attached hydrogens (tertiary/aromatic N) is 3. The second kappa shape index (κ2) is 4.85. The second-order valence-electron chi connectivity index (χ2n) is 3.43. The SMILES string of the molecule is CC(O)Cn1cc(CC(N)C(=O)O)nn1. The molecule has 0 saturated carbocycles. The summed E-state index contributed by atoms with van der Waals surface area (Å²) >= 11 is 0. The number of rotatable bonds is 5. The van der Waals surface area contributed by atoms with Gasteiger partial charge in [0.15, 0.2) is 0 Å². The highest BCUT2D eigenvalue weighted by Crippen LogP contribution is 1.98. The predicted octanol–water partition coefficient (Wildman–Crippen LogP) is -1.39. The van der Waals surface area contributed by atoms with Crippen molar-refractivity contribution in [2.45, 2.75) is 32.0 Å². The zero-order chi connectivity index (χ0) is 11.4. The molecule has 1 aromatic heterocycles. The Labute approximate surface area is 86.5 Å². The van der Waals surface area contributed by atoms with Crippen LogP contribution in [0.15, 0.2) is 6.20 Å². The van der Waals surface area contributed by atoms with Gasteiger partial charge in [-0.05, 0) is 6.92 Å². The third kappa shape index (κ3) is 3.64. The van der Waals surface area contributed by atoms with Crippen LogP contribution in [0.4, 0.5) is 0 Å². The van der Waals surface area contributed by atoms with Crippen molar-refractivity contribution in [3.05, 3.63) is 11.9 Å². The maximum absolute atomic E-state index is 10.5. The zero-order valence-electron chi connectivity index (χ0n) is 8.37. The highest BCUT2D eigenvalue weighted by Gasteiger charge is 2.14. The first-order valence-corrected chi connectivity index (χ1v) is 4.54. The first kappa shape index (κ1) is 11.6. The number of aliphatic carboxylic acids is 1. The molecule has 0 amide bonds. The molecule has 0 fully saturated rings. The van der Waals surface area contributed by atoms with Gasteiger partial charge in [-0.1, -0.05) is 5.21 Å². The molecule has 15 heavy (non-hydrogen) atoms. The molecule has 1 heterocycles. The van der Waals surface area contributed by atoms with Crippen LogP contribution in [0.25, 0.3) is 0 Å². The molecule has 0 aromatic carbocycles. The van der Waals surface area contributed by atoms with E-state index in [1.165, 1.54) is 4.68 Å². The quantitative estimate of drug-likeness (QED) is 0.556. The van der Waals surface area contributed by atoms with Crippen molar-refractivity contribution < 1.29 is 15.0 Å². The molecule has 0 bridgehead atoms. The van der Waals surface area contributed by atoms with Crippen LogP contribution in [0.3, 0.4) is 0 Å². The normalized spacial score (nSPS) is 14.9. The smallest absolute Gasteiger partial charge is 0.320 e. The maximum Gasteiger partial charge on any atom is 0.320 e. The average Bonchev–Trinajstić information content (AvgIpc) is 2.51. The molecular weight excluding hydrogens is 200 g/mol. The van der Waals surface area contributed by atoms with E-state index in [1.54, 1.807) is 13.1 Å². The van der Waals surface area contributed by atoms with E-state index in [0.717, 1.165) is 0 Å². The van der Waals surface area contributed by atoms with Crippen LogP contribution in [-0.2, 0) is 17.8 Å². The second-order valence-corrected chi connectivity index (χ2v) is 3.43. The number of carboxylic acids is 1. The Bertz CT molecular complexity index is 336. The van der Waals surface area contributed by atoms with Crippen molar-refractivity contribution in [1.82, 2.24) is 15.0 Å². The van der Waals surface area contributed by atoms with Crippen LogP contribution in [0.2, 0.25) is 0 Å². The molecule has 1 rings (SSSR count). The van der Waals surface area contributed by atoms with Crippen LogP contribution in [0.1, 0.15) is 12.6 Å². The lowest BCUT2D eigenvalue weighted by atomic mass is 10.2. The number of hydrogen-bond donors (Lipinski definition) is 3. The Morgan fingerprint density at radius 3 is 2.93 bits per heavy atom. The summed E-state index contributed by atoms with van der Waals surface area (Å²) in [6.07, 6.45) is 1.19. The van der Waals surface area contributed by atoms with Crippen molar-refractivity contribution in [2.75, 3.05) is 0 Å². The summed E-state index contributed by atoms with van der Waals surface area (Å²) in [7, 11) is 0. The minimum atomic E-state index is -1.07. The van der Waals surface area contributed by atoms with Crippen molar-refractivity contribution >= 4 is 5.97 Å². The minimum Gasteiger partial charge on any atom is -0.480 e. The number of aromatic nitrogens is 3. The van der Waals surface area contributed by atoms with Gasteiger partial charge in [0, 0.05) is 12.6 Å². The number of nitrogens with two attached hydrogens (primary N) is 1. The lowest BCUT2D eigenvalue weighted by Gasteiger charge is -2.02. The van der Waals surface area contributed by atoms with Crippen molar-refractivity contribution in [3.63, 3.8) is 0 Å². The van der Waals surface area contributed by atoms with E-state index >= 15 is 0 Å². The first-order chi connectivity index (χ1) is 6.99. The highest BCUT2D eigenvalue weighted by atomic mass is 16.4. The Morgan fingerprint density at radius 2 is 2.40 bits per heavy atom. The zero-order valence-corrected chi connectivity index (χ0v) is 8.37. The molecule has 0 aliphatic carbocycles. The molecule has 4 N–H and O–H groups in total. The van der Waals surface area contributed by atoms with E-state index in [1.807, 2.05) is 0 Å². The molecule has 0 aliphatic heterocycles. The van der Waals surface area contributed by atoms with Gasteiger partial charge in [-0.2, -0.15) is 0 Å². The lowest BCUT2D eigenvalue weighted by Crippen LogP contribution is -2.32. The van der Waals surface area contributed by atoms with Gasteiger partial charge >= 0.3 is 5.97 Å². The number of hydrogen-bond acceptors (Lipinski definition) is 5. The molecular formula is C8H14N4O3. The number of carboxylic acid groups (broad SMARTS) is 1. The largest absolute Gasteiger partial charge is 0.480 e. The van der Waals surface area contributed by atoms with E-state index in [0.29, 0.717) is 12.2 Å². The average molecular weight is 214 g/mol. The fourth-order valence-corrected chi connectivity index (χ4v) is 1.10. The maximum atomic E-state index is 10.5. The Morgan fingerprint density at radius 1 is 1.73 bits per heavy atom. The molecule has 1 aromatic rings. The standard InChI is InChI=1S/C8H14N4O3/c1-5(13)3-12-4-6(10-11-12)2-7(9)8(14)15/h4-5,7,13H,2-3,9H2,1H3,(H,14,15). The fourth-order valence-electron chi connectivity index (χ4n) is 1.10. The van der Waals surface area contributed by atoms with Crippen molar-refractivity contribution in [3.8, 4) is 0 Å². The van der Waals surface area contributed by atoms with E-state index in [4.69, 9.17) is 15.9 Å². The van der Waals surface area contributed by atoms with Gasteiger partial charge in [-0.15, -0.1) is 5.10 Å². The first-order valence-electron chi connectivity index (χ1n) is 4.54. The number of carbonyl (C=O) groups is 1. The molecule has 84 valence electrons. The summed E-state index contributed by atoms with van der Waals surface area (Å²) in [4.78, 5) is 10.5. The Kier molecular flexibility index (Phi) is 3.75. The molecule has 0 spiro atoms. The molecule has 7 heteroatoms. The summed E-state index contributed by atoms with van der Waals surface area (Å²) < 4.78 is 1.45. The van der Waals surface area contributed by atoms with Gasteiger partial charge in [0.25, 0.3) is 0 Å². The van der Waals surface area contributed by atoms with E-state index in [-0.39, 0.29) is 6.42 Å². The lowest BCUT2D eigenvalue weighted by molar-refractivity contribution is -0.138. The van der Waals surface area contributed by atoms with Gasteiger partial charge in [-0.3, -0.25) is 4.79 Å². The van der Waals surface area contributed by atoms with Crippen molar-refractivity contribution in [2.24, 2.45) is 5.73 Å². The third-order valence-electron chi connectivity index (χ3n) is 1.78. The van der Waals surface area contributed by atoms with E-state index in [2.05, 4.69) is 10.3 Å². The van der Waals surface area contributed by atoms with Crippen LogP contribution >= 0.6 is 0 Å². The van der Waals surface area contributed by atoms with Gasteiger partial charge in [0.1, 0.15) is 6.04 Å².